The van der Waals surface area contributed by atoms with Crippen molar-refractivity contribution in [2.45, 2.75) is 11.4 Å². The van der Waals surface area contributed by atoms with E-state index in [1.807, 2.05) is 0 Å². The number of aromatic amines is 1. The molecule has 0 aromatic carbocycles. The molecule has 0 aliphatic carbocycles. The monoisotopic (exact) mass is 269 g/mol. The summed E-state index contributed by atoms with van der Waals surface area (Å²) in [6.07, 6.45) is 5.46. The van der Waals surface area contributed by atoms with Crippen LogP contribution < -0.4 is 16.0 Å². The summed E-state index contributed by atoms with van der Waals surface area (Å²) in [5, 5.41) is 0. The van der Waals surface area contributed by atoms with E-state index in [-0.39, 0.29) is 17.4 Å². The Hall–Kier alpha value is -2.04. The second-order valence-corrected chi connectivity index (χ2v) is 5.01. The Morgan fingerprint density at radius 3 is 2.56 bits per heavy atom. The van der Waals surface area contributed by atoms with Crippen molar-refractivity contribution in [3.63, 3.8) is 0 Å². The molecular weight excluding hydrogens is 258 g/mol. The first-order valence-electron chi connectivity index (χ1n) is 4.88. The highest BCUT2D eigenvalue weighted by atomic mass is 32.2. The Bertz CT molecular complexity index is 593. The summed E-state index contributed by atoms with van der Waals surface area (Å²) in [5.74, 6) is 5.73. The summed E-state index contributed by atoms with van der Waals surface area (Å²) in [6.45, 7) is 0.0617. The average Bonchev–Trinajstić information content (AvgIpc) is 2.90. The molecule has 2 heterocycles. The third-order valence-corrected chi connectivity index (χ3v) is 3.41. The zero-order valence-corrected chi connectivity index (χ0v) is 9.98. The molecule has 0 unspecified atom stereocenters. The Morgan fingerprint density at radius 1 is 1.28 bits per heavy atom. The molecule has 0 fully saturated rings. The van der Waals surface area contributed by atoms with E-state index in [0.29, 0.717) is 5.82 Å². The second kappa shape index (κ2) is 5.08. The van der Waals surface area contributed by atoms with Crippen LogP contribution in [-0.2, 0) is 16.6 Å². The number of rotatable bonds is 5. The summed E-state index contributed by atoms with van der Waals surface area (Å²) < 4.78 is 26.0. The van der Waals surface area contributed by atoms with Crippen molar-refractivity contribution >= 4 is 16.0 Å². The second-order valence-electron chi connectivity index (χ2n) is 3.25. The van der Waals surface area contributed by atoms with E-state index in [0.717, 1.165) is 12.4 Å². The molecule has 0 saturated heterocycles. The highest BCUT2D eigenvalue weighted by Crippen LogP contribution is 2.07. The van der Waals surface area contributed by atoms with Gasteiger partial charge in [0, 0.05) is 12.4 Å². The Balaban J connectivity index is 2.09. The number of imidazole rings is 1. The molecule has 2 aromatic heterocycles. The van der Waals surface area contributed by atoms with E-state index in [1.54, 1.807) is 6.20 Å². The minimum atomic E-state index is -3.66. The van der Waals surface area contributed by atoms with Crippen LogP contribution in [0.4, 0.5) is 5.95 Å². The molecule has 0 saturated carbocycles. The Morgan fingerprint density at radius 2 is 2.00 bits per heavy atom. The minimum Gasteiger partial charge on any atom is -0.347 e. The van der Waals surface area contributed by atoms with E-state index < -0.39 is 10.0 Å². The van der Waals surface area contributed by atoms with Gasteiger partial charge in [0.1, 0.15) is 10.7 Å². The predicted octanol–water partition coefficient (Wildman–Crippen LogP) is -1.04. The van der Waals surface area contributed by atoms with E-state index in [1.165, 1.54) is 6.20 Å². The number of nitrogens with one attached hydrogen (secondary N) is 3. The standard InChI is InChI=1S/C8H11N7O2S/c9-15-8-12-3-6(4-13-8)18(16,17)14-5-7-10-1-2-11-7/h1-4,14H,5,9H2,(H,10,11)(H,12,13,15). The largest absolute Gasteiger partial charge is 0.347 e. The van der Waals surface area contributed by atoms with Crippen molar-refractivity contribution in [3.05, 3.63) is 30.6 Å². The molecule has 0 atom stereocenters. The zero-order valence-electron chi connectivity index (χ0n) is 9.16. The number of hydrogen-bond acceptors (Lipinski definition) is 7. The topological polar surface area (TPSA) is 139 Å². The fourth-order valence-electron chi connectivity index (χ4n) is 1.17. The van der Waals surface area contributed by atoms with Crippen LogP contribution in [0.15, 0.2) is 29.7 Å². The van der Waals surface area contributed by atoms with Gasteiger partial charge in [-0.1, -0.05) is 0 Å². The molecule has 0 radical (unpaired) electrons. The highest BCUT2D eigenvalue weighted by molar-refractivity contribution is 7.89. The van der Waals surface area contributed by atoms with Gasteiger partial charge in [-0.3, -0.25) is 5.43 Å². The summed E-state index contributed by atoms with van der Waals surface area (Å²) in [4.78, 5) is 14.1. The first-order valence-corrected chi connectivity index (χ1v) is 6.37. The molecule has 10 heteroatoms. The van der Waals surface area contributed by atoms with Crippen LogP contribution in [0.2, 0.25) is 0 Å². The molecule has 0 spiro atoms. The lowest BCUT2D eigenvalue weighted by atomic mass is 10.6. The summed E-state index contributed by atoms with van der Waals surface area (Å²) in [5.41, 5.74) is 2.21. The smallest absolute Gasteiger partial charge is 0.244 e. The quantitative estimate of drug-likeness (QED) is 0.402. The average molecular weight is 269 g/mol. The highest BCUT2D eigenvalue weighted by Gasteiger charge is 2.15. The lowest BCUT2D eigenvalue weighted by Crippen LogP contribution is -2.24. The maximum atomic E-state index is 11.8. The van der Waals surface area contributed by atoms with Crippen molar-refractivity contribution in [2.75, 3.05) is 5.43 Å². The van der Waals surface area contributed by atoms with E-state index >= 15 is 0 Å². The van der Waals surface area contributed by atoms with Gasteiger partial charge in [-0.15, -0.1) is 0 Å². The van der Waals surface area contributed by atoms with Gasteiger partial charge in [0.2, 0.25) is 16.0 Å². The Labute approximate surface area is 103 Å². The van der Waals surface area contributed by atoms with E-state index in [4.69, 9.17) is 5.84 Å². The van der Waals surface area contributed by atoms with Crippen LogP contribution in [0.3, 0.4) is 0 Å². The number of nitrogen functional groups attached to an aromatic ring is 1. The van der Waals surface area contributed by atoms with Crippen molar-refractivity contribution < 1.29 is 8.42 Å². The number of H-pyrrole nitrogens is 1. The van der Waals surface area contributed by atoms with Crippen LogP contribution in [-0.4, -0.2) is 28.4 Å². The van der Waals surface area contributed by atoms with Crippen LogP contribution in [0.5, 0.6) is 0 Å². The van der Waals surface area contributed by atoms with Gasteiger partial charge in [-0.05, 0) is 0 Å². The Kier molecular flexibility index (Phi) is 3.50. The number of sulfonamides is 1. The van der Waals surface area contributed by atoms with Gasteiger partial charge >= 0.3 is 0 Å². The van der Waals surface area contributed by atoms with Crippen LogP contribution in [0.25, 0.3) is 0 Å². The minimum absolute atomic E-state index is 0.0481. The number of aromatic nitrogens is 4. The molecule has 0 amide bonds. The predicted molar refractivity (Wildman–Crippen MR) is 62.5 cm³/mol. The molecule has 0 bridgehead atoms. The van der Waals surface area contributed by atoms with Gasteiger partial charge in [-0.2, -0.15) is 0 Å². The molecule has 2 rings (SSSR count). The van der Waals surface area contributed by atoms with Gasteiger partial charge in [0.05, 0.1) is 18.9 Å². The van der Waals surface area contributed by atoms with Crippen LogP contribution >= 0.6 is 0 Å². The van der Waals surface area contributed by atoms with Gasteiger partial charge in [-0.25, -0.2) is 33.9 Å². The van der Waals surface area contributed by atoms with Crippen molar-refractivity contribution in [3.8, 4) is 0 Å². The summed E-state index contributed by atoms with van der Waals surface area (Å²) in [6, 6.07) is 0. The lowest BCUT2D eigenvalue weighted by Gasteiger charge is -2.05. The third kappa shape index (κ3) is 2.80. The molecule has 5 N–H and O–H groups in total. The fraction of sp³-hybridized carbons (Fsp3) is 0.125. The third-order valence-electron chi connectivity index (χ3n) is 2.05. The van der Waals surface area contributed by atoms with Gasteiger partial charge in [0.25, 0.3) is 0 Å². The van der Waals surface area contributed by atoms with Gasteiger partial charge in [0.15, 0.2) is 0 Å². The number of hydrazine groups is 1. The number of nitrogens with zero attached hydrogens (tertiary/aromatic N) is 3. The number of nitrogens with two attached hydrogens (primary N) is 1. The molecule has 0 aliphatic heterocycles. The molecule has 9 nitrogen and oxygen atoms in total. The van der Waals surface area contributed by atoms with Gasteiger partial charge < -0.3 is 4.98 Å². The first kappa shape index (κ1) is 12.4. The SMILES string of the molecule is NNc1ncc(S(=O)(=O)NCc2ncc[nH]2)cn1. The maximum Gasteiger partial charge on any atom is 0.244 e. The molecule has 18 heavy (non-hydrogen) atoms. The van der Waals surface area contributed by atoms with Crippen molar-refractivity contribution in [1.82, 2.24) is 24.7 Å². The zero-order chi connectivity index (χ0) is 13.0. The van der Waals surface area contributed by atoms with Crippen LogP contribution in [0, 0.1) is 0 Å². The molecular formula is C8H11N7O2S. The molecule has 0 aliphatic rings. The number of hydrogen-bond donors (Lipinski definition) is 4. The maximum absolute atomic E-state index is 11.8. The first-order chi connectivity index (χ1) is 8.62. The normalized spacial score (nSPS) is 11.4. The molecule has 2 aromatic rings. The van der Waals surface area contributed by atoms with E-state index in [9.17, 15) is 8.42 Å². The van der Waals surface area contributed by atoms with Crippen molar-refractivity contribution in [2.24, 2.45) is 5.84 Å². The van der Waals surface area contributed by atoms with E-state index in [2.05, 4.69) is 30.1 Å². The summed E-state index contributed by atoms with van der Waals surface area (Å²) >= 11 is 0. The fourth-order valence-corrected chi connectivity index (χ4v) is 2.05. The number of anilines is 1. The van der Waals surface area contributed by atoms with Crippen LogP contribution in [0.1, 0.15) is 5.82 Å². The summed E-state index contributed by atoms with van der Waals surface area (Å²) in [7, 11) is -3.66. The lowest BCUT2D eigenvalue weighted by molar-refractivity contribution is 0.578. The molecule has 96 valence electrons. The van der Waals surface area contributed by atoms with Crippen molar-refractivity contribution in [1.29, 1.82) is 0 Å².